The van der Waals surface area contributed by atoms with Crippen molar-refractivity contribution < 1.29 is 14.3 Å². The summed E-state index contributed by atoms with van der Waals surface area (Å²) in [5.74, 6) is 3.62. The predicted molar refractivity (Wildman–Crippen MR) is 138 cm³/mol. The topological polar surface area (TPSA) is 85.4 Å². The molecule has 2 N–H and O–H groups in total. The molecule has 2 aliphatic carbocycles. The van der Waals surface area contributed by atoms with Crippen LogP contribution in [0.3, 0.4) is 0 Å². The fourth-order valence-electron chi connectivity index (χ4n) is 5.08. The van der Waals surface area contributed by atoms with E-state index in [-0.39, 0.29) is 12.1 Å². The van der Waals surface area contributed by atoms with E-state index in [1.165, 1.54) is 12.8 Å². The third kappa shape index (κ3) is 6.02. The normalized spacial score (nSPS) is 25.9. The van der Waals surface area contributed by atoms with Crippen LogP contribution in [0.4, 0.5) is 10.6 Å². The van der Waals surface area contributed by atoms with Crippen molar-refractivity contribution in [3.8, 4) is 5.75 Å². The lowest BCUT2D eigenvalue weighted by Crippen LogP contribution is -2.49. The molecule has 1 amide bonds. The second kappa shape index (κ2) is 9.88. The van der Waals surface area contributed by atoms with Gasteiger partial charge in [0.05, 0.1) is 12.4 Å². The molecule has 35 heavy (non-hydrogen) atoms. The zero-order chi connectivity index (χ0) is 24.5. The number of amides is 1. The lowest BCUT2D eigenvalue weighted by Gasteiger charge is -2.36. The molecule has 188 valence electrons. The first-order valence-corrected chi connectivity index (χ1v) is 13.8. The maximum Gasteiger partial charge on any atom is 0.408 e. The molecule has 1 aromatic carbocycles. The van der Waals surface area contributed by atoms with Crippen molar-refractivity contribution in [3.05, 3.63) is 42.2 Å². The Morgan fingerprint density at radius 2 is 2.00 bits per heavy atom. The summed E-state index contributed by atoms with van der Waals surface area (Å²) in [6.07, 6.45) is 10.7. The Hall–Kier alpha value is -2.48. The van der Waals surface area contributed by atoms with Crippen LogP contribution in [-0.4, -0.2) is 39.1 Å². The summed E-state index contributed by atoms with van der Waals surface area (Å²) in [6.45, 7) is 5.64. The van der Waals surface area contributed by atoms with Gasteiger partial charge in [0, 0.05) is 23.8 Å². The molecule has 1 aromatic heterocycles. The van der Waals surface area contributed by atoms with Gasteiger partial charge >= 0.3 is 6.09 Å². The summed E-state index contributed by atoms with van der Waals surface area (Å²) in [5.41, 5.74) is -0.0933. The Bertz CT molecular complexity index is 1040. The molecular weight excluding hydrogens is 460 g/mol. The van der Waals surface area contributed by atoms with E-state index in [4.69, 9.17) is 9.47 Å². The van der Waals surface area contributed by atoms with Gasteiger partial charge in [-0.05, 0) is 64.9 Å². The molecule has 0 saturated heterocycles. The summed E-state index contributed by atoms with van der Waals surface area (Å²) in [6, 6.07) is 7.90. The molecule has 0 unspecified atom stereocenters. The van der Waals surface area contributed by atoms with Crippen molar-refractivity contribution in [2.24, 2.45) is 5.92 Å². The summed E-state index contributed by atoms with van der Waals surface area (Å²) in [7, 11) is 0. The van der Waals surface area contributed by atoms with Crippen LogP contribution in [0.2, 0.25) is 0 Å². The molecule has 8 heteroatoms. The van der Waals surface area contributed by atoms with Gasteiger partial charge in [0.1, 0.15) is 33.8 Å². The number of thioether (sulfide) groups is 1. The van der Waals surface area contributed by atoms with E-state index >= 15 is 0 Å². The highest BCUT2D eigenvalue weighted by Crippen LogP contribution is 2.50. The minimum Gasteiger partial charge on any atom is -0.484 e. The molecule has 1 aliphatic heterocycles. The van der Waals surface area contributed by atoms with Crippen LogP contribution in [0.1, 0.15) is 77.3 Å². The Morgan fingerprint density at radius 1 is 1.17 bits per heavy atom. The van der Waals surface area contributed by atoms with Gasteiger partial charge in [-0.15, -0.1) is 11.8 Å². The Balaban J connectivity index is 1.31. The van der Waals surface area contributed by atoms with Gasteiger partial charge in [-0.25, -0.2) is 14.8 Å². The molecule has 3 atom stereocenters. The first-order chi connectivity index (χ1) is 16.8. The quantitative estimate of drug-likeness (QED) is 0.466. The molecule has 2 aromatic rings. The highest BCUT2D eigenvalue weighted by Gasteiger charge is 2.51. The molecule has 2 heterocycles. The van der Waals surface area contributed by atoms with Crippen LogP contribution < -0.4 is 15.4 Å². The summed E-state index contributed by atoms with van der Waals surface area (Å²) >= 11 is 1.79. The van der Waals surface area contributed by atoms with Gasteiger partial charge in [0.15, 0.2) is 0 Å². The average Bonchev–Trinajstić information content (AvgIpc) is 3.61. The minimum atomic E-state index is -0.564. The third-order valence-corrected chi connectivity index (χ3v) is 8.01. The minimum absolute atomic E-state index is 0.161. The number of rotatable bonds is 6. The van der Waals surface area contributed by atoms with Crippen LogP contribution in [0.15, 0.2) is 41.7 Å². The second-order valence-electron chi connectivity index (χ2n) is 11.1. The average molecular weight is 497 g/mol. The number of nitrogens with zero attached hydrogens (tertiary/aromatic N) is 2. The summed E-state index contributed by atoms with van der Waals surface area (Å²) in [5, 5.41) is 7.75. The van der Waals surface area contributed by atoms with Crippen LogP contribution in [0, 0.1) is 5.92 Å². The maximum atomic E-state index is 12.8. The maximum absolute atomic E-state index is 12.8. The largest absolute Gasteiger partial charge is 0.484 e. The monoisotopic (exact) mass is 496 g/mol. The van der Waals surface area contributed by atoms with Crippen molar-refractivity contribution in [3.63, 3.8) is 0 Å². The molecule has 5 rings (SSSR count). The zero-order valence-electron chi connectivity index (χ0n) is 20.9. The number of benzene rings is 1. The van der Waals surface area contributed by atoms with Crippen molar-refractivity contribution in [2.45, 2.75) is 94.0 Å². The highest BCUT2D eigenvalue weighted by molar-refractivity contribution is 7.99. The fourth-order valence-corrected chi connectivity index (χ4v) is 6.08. The SMILES string of the molecule is CC(C)(C)OC(=O)N[C@@H]1c2ccccc2O[C@]12CCCC[C@H](Nc1cnc(SCC3CC3)cn1)C2. The summed E-state index contributed by atoms with van der Waals surface area (Å²) < 4.78 is 12.3. The number of hydrogen-bond acceptors (Lipinski definition) is 7. The number of aromatic nitrogens is 2. The van der Waals surface area contributed by atoms with E-state index in [0.717, 1.165) is 65.9 Å². The van der Waals surface area contributed by atoms with Crippen molar-refractivity contribution in [1.29, 1.82) is 0 Å². The van der Waals surface area contributed by atoms with Gasteiger partial charge in [0.2, 0.25) is 0 Å². The fraction of sp³-hybridized carbons (Fsp3) is 0.593. The lowest BCUT2D eigenvalue weighted by molar-refractivity contribution is 0.0187. The van der Waals surface area contributed by atoms with Gasteiger partial charge < -0.3 is 20.1 Å². The number of carbonyl (C=O) groups excluding carboxylic acids is 1. The number of fused-ring (bicyclic) bond motifs is 1. The number of anilines is 1. The Kier molecular flexibility index (Phi) is 6.84. The molecular formula is C27H36N4O3S. The van der Waals surface area contributed by atoms with E-state index < -0.39 is 17.3 Å². The number of hydrogen-bond donors (Lipinski definition) is 2. The van der Waals surface area contributed by atoms with E-state index in [0.29, 0.717) is 0 Å². The Morgan fingerprint density at radius 3 is 2.74 bits per heavy atom. The first kappa shape index (κ1) is 24.2. The van der Waals surface area contributed by atoms with E-state index in [1.54, 1.807) is 11.8 Å². The zero-order valence-corrected chi connectivity index (χ0v) is 21.7. The second-order valence-corrected chi connectivity index (χ2v) is 12.1. The van der Waals surface area contributed by atoms with E-state index in [9.17, 15) is 4.79 Å². The molecule has 0 radical (unpaired) electrons. The molecule has 0 bridgehead atoms. The van der Waals surface area contributed by atoms with E-state index in [2.05, 4.69) is 20.6 Å². The van der Waals surface area contributed by atoms with Crippen molar-refractivity contribution >= 4 is 23.7 Å². The Labute approximate surface area is 212 Å². The number of nitrogens with one attached hydrogen (secondary N) is 2. The molecule has 1 spiro atoms. The smallest absolute Gasteiger partial charge is 0.408 e. The molecule has 3 aliphatic rings. The number of para-hydroxylation sites is 1. The predicted octanol–water partition coefficient (Wildman–Crippen LogP) is 6.12. The molecule has 2 fully saturated rings. The van der Waals surface area contributed by atoms with Gasteiger partial charge in [0.25, 0.3) is 0 Å². The number of alkyl carbamates (subject to hydrolysis) is 1. The van der Waals surface area contributed by atoms with Crippen molar-refractivity contribution in [2.75, 3.05) is 11.1 Å². The number of ether oxygens (including phenoxy) is 2. The summed E-state index contributed by atoms with van der Waals surface area (Å²) in [4.78, 5) is 22.1. The first-order valence-electron chi connectivity index (χ1n) is 12.8. The van der Waals surface area contributed by atoms with Gasteiger partial charge in [-0.1, -0.05) is 24.6 Å². The third-order valence-electron chi connectivity index (χ3n) is 6.87. The van der Waals surface area contributed by atoms with Crippen LogP contribution in [-0.2, 0) is 4.74 Å². The number of carbonyl (C=O) groups is 1. The molecule has 2 saturated carbocycles. The highest BCUT2D eigenvalue weighted by atomic mass is 32.2. The van der Waals surface area contributed by atoms with Crippen LogP contribution in [0.5, 0.6) is 5.75 Å². The molecule has 7 nitrogen and oxygen atoms in total. The van der Waals surface area contributed by atoms with Gasteiger partial charge in [-0.3, -0.25) is 0 Å². The van der Waals surface area contributed by atoms with Gasteiger partial charge in [-0.2, -0.15) is 0 Å². The van der Waals surface area contributed by atoms with Crippen molar-refractivity contribution in [1.82, 2.24) is 15.3 Å². The van der Waals surface area contributed by atoms with Crippen LogP contribution in [0.25, 0.3) is 0 Å². The van der Waals surface area contributed by atoms with Crippen LogP contribution >= 0.6 is 11.8 Å². The van der Waals surface area contributed by atoms with E-state index in [1.807, 2.05) is 57.4 Å². The lowest BCUT2D eigenvalue weighted by atomic mass is 9.83. The standard InChI is InChI=1S/C27H36N4O3S/c1-26(2,3)34-25(32)31-24-20-9-4-5-10-21(20)33-27(24)13-7-6-8-19(14-27)30-22-15-29-23(16-28-22)35-17-18-11-12-18/h4-5,9-10,15-16,18-19,24H,6-8,11-14,17H2,1-3H3,(H,28,30)(H,31,32)/t19-,24+,27-/m0/s1.